The van der Waals surface area contributed by atoms with Crippen molar-refractivity contribution in [3.8, 4) is 5.75 Å². The van der Waals surface area contributed by atoms with Crippen molar-refractivity contribution in [2.45, 2.75) is 39.2 Å². The van der Waals surface area contributed by atoms with Gasteiger partial charge in [-0.25, -0.2) is 0 Å². The minimum Gasteiger partial charge on any atom is -0.491 e. The van der Waals surface area contributed by atoms with Gasteiger partial charge in [0.1, 0.15) is 12.4 Å². The summed E-state index contributed by atoms with van der Waals surface area (Å²) in [7, 11) is 0. The van der Waals surface area contributed by atoms with E-state index in [2.05, 4.69) is 54.3 Å². The lowest BCUT2D eigenvalue weighted by Crippen LogP contribution is -2.43. The molecule has 166 valence electrons. The third-order valence-electron chi connectivity index (χ3n) is 6.13. The van der Waals surface area contributed by atoms with Crippen LogP contribution in [-0.2, 0) is 22.5 Å². The van der Waals surface area contributed by atoms with E-state index >= 15 is 0 Å². The number of ether oxygens (including phenoxy) is 2. The van der Waals surface area contributed by atoms with Crippen molar-refractivity contribution in [3.63, 3.8) is 0 Å². The molecule has 1 amide bonds. The third kappa shape index (κ3) is 6.31. The van der Waals surface area contributed by atoms with Gasteiger partial charge in [0.2, 0.25) is 5.91 Å². The second-order valence-electron chi connectivity index (χ2n) is 8.72. The number of nitrogens with zero attached hydrogens (tertiary/aromatic N) is 2. The topological polar surface area (TPSA) is 42.0 Å². The molecule has 2 aromatic rings. The molecule has 4 rings (SSSR count). The molecule has 0 N–H and O–H groups in total. The number of hydrogen-bond acceptors (Lipinski definition) is 4. The van der Waals surface area contributed by atoms with Gasteiger partial charge in [0.25, 0.3) is 0 Å². The smallest absolute Gasteiger partial charge is 0.237 e. The Bertz CT molecular complexity index is 877. The molecule has 1 saturated heterocycles. The van der Waals surface area contributed by atoms with Crippen molar-refractivity contribution in [2.24, 2.45) is 0 Å². The van der Waals surface area contributed by atoms with Crippen LogP contribution in [0.3, 0.4) is 0 Å². The van der Waals surface area contributed by atoms with Crippen LogP contribution in [0.25, 0.3) is 0 Å². The van der Waals surface area contributed by atoms with Gasteiger partial charge in [-0.3, -0.25) is 9.69 Å². The summed E-state index contributed by atoms with van der Waals surface area (Å²) >= 11 is 0. The molecule has 2 bridgehead atoms. The van der Waals surface area contributed by atoms with E-state index in [9.17, 15) is 4.79 Å². The molecule has 0 spiro atoms. The Hall–Kier alpha value is -2.37. The summed E-state index contributed by atoms with van der Waals surface area (Å²) in [4.78, 5) is 17.4. The summed E-state index contributed by atoms with van der Waals surface area (Å²) in [5.41, 5.74) is 4.82. The molecule has 5 nitrogen and oxygen atoms in total. The highest BCUT2D eigenvalue weighted by Gasteiger charge is 2.20. The number of fused-ring (bicyclic) bond motifs is 3. The maximum atomic E-state index is 13.1. The Morgan fingerprint density at radius 2 is 1.77 bits per heavy atom. The first-order chi connectivity index (χ1) is 15.2. The summed E-state index contributed by atoms with van der Waals surface area (Å²) in [5, 5.41) is 0. The van der Waals surface area contributed by atoms with Crippen LogP contribution < -0.4 is 4.74 Å². The quantitative estimate of drug-likeness (QED) is 0.738. The maximum absolute atomic E-state index is 13.1. The van der Waals surface area contributed by atoms with Crippen LogP contribution in [-0.4, -0.2) is 61.7 Å². The van der Waals surface area contributed by atoms with Gasteiger partial charge in [-0.1, -0.05) is 48.4 Å². The molecule has 0 radical (unpaired) electrons. The van der Waals surface area contributed by atoms with Crippen molar-refractivity contribution in [2.75, 3.05) is 46.0 Å². The summed E-state index contributed by atoms with van der Waals surface area (Å²) in [6.07, 6.45) is 4.48. The second-order valence-corrected chi connectivity index (χ2v) is 8.72. The molecule has 5 heteroatoms. The number of benzene rings is 2. The Morgan fingerprint density at radius 3 is 2.65 bits per heavy atom. The van der Waals surface area contributed by atoms with Crippen molar-refractivity contribution >= 4 is 5.91 Å². The largest absolute Gasteiger partial charge is 0.491 e. The lowest BCUT2D eigenvalue weighted by atomic mass is 10.00. The van der Waals surface area contributed by atoms with Gasteiger partial charge in [-0.15, -0.1) is 0 Å². The number of hydrogen-bond donors (Lipinski definition) is 0. The zero-order valence-corrected chi connectivity index (χ0v) is 18.6. The van der Waals surface area contributed by atoms with Gasteiger partial charge >= 0.3 is 0 Å². The van der Waals surface area contributed by atoms with Crippen LogP contribution >= 0.6 is 0 Å². The fourth-order valence-corrected chi connectivity index (χ4v) is 4.45. The first kappa shape index (κ1) is 21.8. The molecule has 2 aliphatic heterocycles. The highest BCUT2D eigenvalue weighted by atomic mass is 16.5. The third-order valence-corrected chi connectivity index (χ3v) is 6.13. The Kier molecular flexibility index (Phi) is 7.60. The van der Waals surface area contributed by atoms with Crippen LogP contribution in [0, 0.1) is 6.92 Å². The van der Waals surface area contributed by atoms with E-state index in [-0.39, 0.29) is 5.91 Å². The Labute approximate surface area is 185 Å². The number of piperidine rings is 1. The van der Waals surface area contributed by atoms with E-state index in [0.717, 1.165) is 30.8 Å². The average molecular weight is 423 g/mol. The summed E-state index contributed by atoms with van der Waals surface area (Å²) in [6, 6.07) is 14.9. The van der Waals surface area contributed by atoms with Crippen LogP contribution in [0.1, 0.15) is 41.5 Å². The van der Waals surface area contributed by atoms with Crippen LogP contribution in [0.15, 0.2) is 42.5 Å². The van der Waals surface area contributed by atoms with Crippen molar-refractivity contribution in [3.05, 3.63) is 64.7 Å². The summed E-state index contributed by atoms with van der Waals surface area (Å²) in [6.45, 7) is 7.46. The SMILES string of the molecule is Cc1ccc2c(c1)Cc1cccc(c1)CN(C(=O)CN1CCCCC1)CCOCCO2. The van der Waals surface area contributed by atoms with Gasteiger partial charge in [-0.2, -0.15) is 0 Å². The van der Waals surface area contributed by atoms with E-state index in [4.69, 9.17) is 9.47 Å². The van der Waals surface area contributed by atoms with E-state index < -0.39 is 0 Å². The zero-order chi connectivity index (χ0) is 21.5. The molecular weight excluding hydrogens is 388 g/mol. The average Bonchev–Trinajstić information content (AvgIpc) is 2.77. The van der Waals surface area contributed by atoms with E-state index in [1.165, 1.54) is 36.0 Å². The highest BCUT2D eigenvalue weighted by Crippen LogP contribution is 2.24. The van der Waals surface area contributed by atoms with Gasteiger partial charge in [-0.05, 0) is 55.6 Å². The minimum atomic E-state index is 0.195. The molecule has 0 aromatic heterocycles. The van der Waals surface area contributed by atoms with Gasteiger partial charge in [0, 0.05) is 19.5 Å². The molecule has 31 heavy (non-hydrogen) atoms. The van der Waals surface area contributed by atoms with Crippen molar-refractivity contribution < 1.29 is 14.3 Å². The zero-order valence-electron chi connectivity index (χ0n) is 18.6. The summed E-state index contributed by atoms with van der Waals surface area (Å²) < 4.78 is 11.8. The number of rotatable bonds is 2. The predicted molar refractivity (Wildman–Crippen MR) is 122 cm³/mol. The highest BCUT2D eigenvalue weighted by molar-refractivity contribution is 5.78. The van der Waals surface area contributed by atoms with Crippen LogP contribution in [0.5, 0.6) is 5.75 Å². The normalized spacial score (nSPS) is 18.5. The van der Waals surface area contributed by atoms with Crippen LogP contribution in [0.4, 0.5) is 0 Å². The Morgan fingerprint density at radius 1 is 0.935 bits per heavy atom. The fourth-order valence-electron chi connectivity index (χ4n) is 4.45. The molecule has 1 fully saturated rings. The molecule has 2 aromatic carbocycles. The lowest BCUT2D eigenvalue weighted by Gasteiger charge is -2.30. The fraction of sp³-hybridized carbons (Fsp3) is 0.500. The lowest BCUT2D eigenvalue weighted by molar-refractivity contribution is -0.134. The second kappa shape index (κ2) is 10.8. The van der Waals surface area contributed by atoms with E-state index in [1.807, 2.05) is 4.90 Å². The van der Waals surface area contributed by atoms with Crippen molar-refractivity contribution in [1.82, 2.24) is 9.80 Å². The summed E-state index contributed by atoms with van der Waals surface area (Å²) in [5.74, 6) is 1.12. The first-order valence-corrected chi connectivity index (χ1v) is 11.6. The number of amides is 1. The van der Waals surface area contributed by atoms with Crippen LogP contribution in [0.2, 0.25) is 0 Å². The van der Waals surface area contributed by atoms with Gasteiger partial charge in [0.15, 0.2) is 0 Å². The maximum Gasteiger partial charge on any atom is 0.237 e. The molecule has 0 unspecified atom stereocenters. The number of carbonyl (C=O) groups excluding carboxylic acids is 1. The Balaban J connectivity index is 1.52. The van der Waals surface area contributed by atoms with Crippen molar-refractivity contribution in [1.29, 1.82) is 0 Å². The minimum absolute atomic E-state index is 0.195. The molecule has 2 heterocycles. The van der Waals surface area contributed by atoms with E-state index in [0.29, 0.717) is 39.5 Å². The van der Waals surface area contributed by atoms with E-state index in [1.54, 1.807) is 0 Å². The first-order valence-electron chi connectivity index (χ1n) is 11.6. The number of likely N-dealkylation sites (tertiary alicyclic amines) is 1. The number of aryl methyl sites for hydroxylation is 1. The molecule has 0 aliphatic carbocycles. The molecule has 0 saturated carbocycles. The number of carbonyl (C=O) groups is 1. The molecular formula is C26H34N2O3. The standard InChI is InChI=1S/C26H34N2O3/c1-21-8-9-25-24(16-21)18-22-6-5-7-23(17-22)19-28(12-13-30-14-15-31-25)26(29)20-27-10-3-2-4-11-27/h5-9,16-17H,2-4,10-15,18-20H2,1H3. The molecule has 2 aliphatic rings. The monoisotopic (exact) mass is 422 g/mol. The predicted octanol–water partition coefficient (Wildman–Crippen LogP) is 3.81. The van der Waals surface area contributed by atoms with Gasteiger partial charge in [0.05, 0.1) is 19.8 Å². The van der Waals surface area contributed by atoms with Gasteiger partial charge < -0.3 is 14.4 Å². The molecule has 0 atom stereocenters.